The fourth-order valence-electron chi connectivity index (χ4n) is 6.44. The lowest BCUT2D eigenvalue weighted by Gasteiger charge is -2.31. The van der Waals surface area contributed by atoms with Crippen LogP contribution in [0, 0.1) is 5.92 Å². The third-order valence-corrected chi connectivity index (χ3v) is 9.25. The average Bonchev–Trinajstić information content (AvgIpc) is 3.32. The van der Waals surface area contributed by atoms with E-state index < -0.39 is 17.4 Å². The lowest BCUT2D eigenvalue weighted by molar-refractivity contribution is -0.139. The summed E-state index contributed by atoms with van der Waals surface area (Å²) in [5.41, 5.74) is 3.43. The van der Waals surface area contributed by atoms with Crippen LogP contribution in [0.4, 0.5) is 17.1 Å². The van der Waals surface area contributed by atoms with Gasteiger partial charge in [0.25, 0.3) is 11.8 Å². The zero-order chi connectivity index (χ0) is 35.8. The first kappa shape index (κ1) is 36.3. The van der Waals surface area contributed by atoms with Crippen LogP contribution in [-0.2, 0) is 26.5 Å². The fourth-order valence-corrected chi connectivity index (χ4v) is 6.44. The average molecular weight is 678 g/mol. The number of anilines is 3. The van der Waals surface area contributed by atoms with Gasteiger partial charge in [-0.25, -0.2) is 0 Å². The predicted molar refractivity (Wildman–Crippen MR) is 196 cm³/mol. The maximum absolute atomic E-state index is 14.3. The van der Waals surface area contributed by atoms with Crippen molar-refractivity contribution in [2.24, 2.45) is 5.92 Å². The van der Waals surface area contributed by atoms with Crippen molar-refractivity contribution in [3.05, 3.63) is 119 Å². The molecule has 0 aromatic heterocycles. The van der Waals surface area contributed by atoms with E-state index >= 15 is 0 Å². The number of benzene rings is 3. The summed E-state index contributed by atoms with van der Waals surface area (Å²) in [7, 11) is 0. The third kappa shape index (κ3) is 7.90. The van der Waals surface area contributed by atoms with Crippen LogP contribution >= 0.6 is 0 Å². The molecule has 0 saturated carbocycles. The number of ether oxygens (including phenoxy) is 1. The van der Waals surface area contributed by atoms with E-state index in [4.69, 9.17) is 4.74 Å². The van der Waals surface area contributed by atoms with Gasteiger partial charge in [-0.1, -0.05) is 84.8 Å². The highest BCUT2D eigenvalue weighted by Crippen LogP contribution is 2.48. The van der Waals surface area contributed by atoms with Crippen molar-refractivity contribution < 1.29 is 29.3 Å². The number of carbonyl (C=O) groups excluding carboxylic acids is 3. The molecule has 0 unspecified atom stereocenters. The molecule has 2 N–H and O–H groups in total. The van der Waals surface area contributed by atoms with E-state index in [1.807, 2.05) is 55.5 Å². The Labute approximate surface area is 294 Å². The molecule has 0 spiro atoms. The van der Waals surface area contributed by atoms with E-state index in [1.54, 1.807) is 64.1 Å². The second kappa shape index (κ2) is 16.1. The van der Waals surface area contributed by atoms with Crippen LogP contribution in [-0.4, -0.2) is 59.1 Å². The van der Waals surface area contributed by atoms with E-state index in [2.05, 4.69) is 19.9 Å². The van der Waals surface area contributed by atoms with Crippen molar-refractivity contribution in [1.29, 1.82) is 0 Å². The number of amides is 3. The highest BCUT2D eigenvalue weighted by Gasteiger charge is 2.52. The smallest absolute Gasteiger partial charge is 0.269 e. The Morgan fingerprint density at radius 2 is 1.74 bits per heavy atom. The Balaban J connectivity index is 1.44. The molecule has 2 aliphatic heterocycles. The Bertz CT molecular complexity index is 1790. The molecule has 0 fully saturated rings. The van der Waals surface area contributed by atoms with E-state index in [1.165, 1.54) is 5.57 Å². The molecule has 0 saturated heterocycles. The highest BCUT2D eigenvalue weighted by molar-refractivity contribution is 6.09. The molecule has 3 amide bonds. The molecule has 2 aliphatic rings. The van der Waals surface area contributed by atoms with Gasteiger partial charge in [-0.05, 0) is 69.5 Å². The molecule has 2 heterocycles. The summed E-state index contributed by atoms with van der Waals surface area (Å²) in [4.78, 5) is 45.4. The SMILES string of the molecule is CC(C)=CCC/C(C)=C/CN1C(=O)[C@@](O)([C@@H](C)/C=C/CC(=O)N(CCO)Cc2ccccc2)c2cc(N3C(=O)COc4ccccc43)ccc21. The monoisotopic (exact) mass is 677 g/mol. The molecular formula is C41H47N3O6. The Hall–Kier alpha value is -4.99. The Morgan fingerprint density at radius 1 is 1.00 bits per heavy atom. The van der Waals surface area contributed by atoms with Gasteiger partial charge >= 0.3 is 0 Å². The number of hydrogen-bond donors (Lipinski definition) is 2. The molecule has 3 aromatic rings. The van der Waals surface area contributed by atoms with Gasteiger partial charge in [-0.15, -0.1) is 0 Å². The van der Waals surface area contributed by atoms with Crippen LogP contribution in [0.25, 0.3) is 0 Å². The van der Waals surface area contributed by atoms with Crippen molar-refractivity contribution in [3.8, 4) is 5.75 Å². The van der Waals surface area contributed by atoms with E-state index in [0.29, 0.717) is 34.9 Å². The van der Waals surface area contributed by atoms with Gasteiger partial charge in [0.1, 0.15) is 5.75 Å². The maximum atomic E-state index is 14.3. The molecule has 0 bridgehead atoms. The lowest BCUT2D eigenvalue weighted by atomic mass is 9.82. The first-order chi connectivity index (χ1) is 24.0. The van der Waals surface area contributed by atoms with E-state index in [0.717, 1.165) is 24.0 Å². The van der Waals surface area contributed by atoms with E-state index in [-0.39, 0.29) is 44.5 Å². The fraction of sp³-hybridized carbons (Fsp3) is 0.341. The first-order valence-corrected chi connectivity index (χ1v) is 17.2. The second-order valence-corrected chi connectivity index (χ2v) is 13.2. The standard InChI is InChI=1S/C41H47N3O6/c1-29(2)12-10-13-30(3)22-23-43-35-21-20-33(44-36-17-8-9-18-37(36)50-28-39(44)47)26-34(35)41(49,40(43)48)31(4)14-11-19-38(46)42(24-25-45)27-32-15-6-5-7-16-32/h5-9,11-12,14-18,20-22,26,31,45,49H,10,13,19,23-25,27-28H2,1-4H3/b14-11+,30-22+/t31-,41+/m0/s1. The molecule has 0 radical (unpaired) electrons. The molecule has 50 heavy (non-hydrogen) atoms. The maximum Gasteiger partial charge on any atom is 0.269 e. The van der Waals surface area contributed by atoms with Gasteiger partial charge in [-0.2, -0.15) is 0 Å². The molecule has 262 valence electrons. The van der Waals surface area contributed by atoms with Gasteiger partial charge in [0.05, 0.1) is 18.0 Å². The van der Waals surface area contributed by atoms with Crippen molar-refractivity contribution in [1.82, 2.24) is 4.90 Å². The third-order valence-electron chi connectivity index (χ3n) is 9.25. The van der Waals surface area contributed by atoms with Crippen molar-refractivity contribution in [3.63, 3.8) is 0 Å². The molecule has 0 aliphatic carbocycles. The van der Waals surface area contributed by atoms with Crippen molar-refractivity contribution >= 4 is 34.8 Å². The van der Waals surface area contributed by atoms with Crippen molar-refractivity contribution in [2.45, 2.75) is 59.1 Å². The minimum atomic E-state index is -1.96. The van der Waals surface area contributed by atoms with Gasteiger partial charge in [0.2, 0.25) is 5.91 Å². The minimum Gasteiger partial charge on any atom is -0.482 e. The summed E-state index contributed by atoms with van der Waals surface area (Å²) < 4.78 is 5.65. The zero-order valence-electron chi connectivity index (χ0n) is 29.3. The molecule has 3 aromatic carbocycles. The number of allylic oxidation sites excluding steroid dienone is 3. The zero-order valence-corrected chi connectivity index (χ0v) is 29.3. The number of hydrogen-bond acceptors (Lipinski definition) is 6. The normalized spacial score (nSPS) is 17.8. The number of aliphatic hydroxyl groups is 2. The molecule has 9 nitrogen and oxygen atoms in total. The van der Waals surface area contributed by atoms with Crippen LogP contribution in [0.15, 0.2) is 108 Å². The Kier molecular flexibility index (Phi) is 11.7. The van der Waals surface area contributed by atoms with Crippen LogP contribution in [0.3, 0.4) is 0 Å². The second-order valence-electron chi connectivity index (χ2n) is 13.2. The molecular weight excluding hydrogens is 630 g/mol. The van der Waals surface area contributed by atoms with Gasteiger partial charge in [-0.3, -0.25) is 19.3 Å². The summed E-state index contributed by atoms with van der Waals surface area (Å²) in [6, 6.07) is 22.1. The van der Waals surface area contributed by atoms with Gasteiger partial charge < -0.3 is 24.7 Å². The minimum absolute atomic E-state index is 0.0325. The lowest BCUT2D eigenvalue weighted by Crippen LogP contribution is -2.44. The molecule has 9 heteroatoms. The van der Waals surface area contributed by atoms with Crippen LogP contribution < -0.4 is 14.5 Å². The summed E-state index contributed by atoms with van der Waals surface area (Å²) in [6.07, 6.45) is 9.36. The van der Waals surface area contributed by atoms with Gasteiger partial charge in [0, 0.05) is 43.2 Å². The number of fused-ring (bicyclic) bond motifs is 2. The molecule has 5 rings (SSSR count). The summed E-state index contributed by atoms with van der Waals surface area (Å²) in [6.45, 7) is 8.46. The van der Waals surface area contributed by atoms with Crippen LogP contribution in [0.1, 0.15) is 58.1 Å². The summed E-state index contributed by atoms with van der Waals surface area (Å²) in [5.74, 6) is -1.08. The number of carbonyl (C=O) groups is 3. The topological polar surface area (TPSA) is 111 Å². The van der Waals surface area contributed by atoms with Gasteiger partial charge in [0.15, 0.2) is 12.2 Å². The highest BCUT2D eigenvalue weighted by atomic mass is 16.5. The molecule has 2 atom stereocenters. The summed E-state index contributed by atoms with van der Waals surface area (Å²) >= 11 is 0. The van der Waals surface area contributed by atoms with Crippen LogP contribution in [0.2, 0.25) is 0 Å². The number of rotatable bonds is 14. The first-order valence-electron chi connectivity index (χ1n) is 17.2. The quantitative estimate of drug-likeness (QED) is 0.187. The Morgan fingerprint density at radius 3 is 2.48 bits per heavy atom. The summed E-state index contributed by atoms with van der Waals surface area (Å²) in [5, 5.41) is 22.0. The van der Waals surface area contributed by atoms with Crippen molar-refractivity contribution in [2.75, 3.05) is 36.1 Å². The predicted octanol–water partition coefficient (Wildman–Crippen LogP) is 6.57. The van der Waals surface area contributed by atoms with E-state index in [9.17, 15) is 24.6 Å². The van der Waals surface area contributed by atoms with Crippen LogP contribution in [0.5, 0.6) is 5.75 Å². The largest absolute Gasteiger partial charge is 0.482 e. The number of para-hydroxylation sites is 2. The number of nitrogens with zero attached hydrogens (tertiary/aromatic N) is 3. The number of aliphatic hydroxyl groups excluding tert-OH is 1.